The van der Waals surface area contributed by atoms with Crippen molar-refractivity contribution in [3.63, 3.8) is 0 Å². The highest BCUT2D eigenvalue weighted by atomic mass is 16.8. The van der Waals surface area contributed by atoms with E-state index in [1.807, 2.05) is 0 Å². The molecule has 10 N–H and O–H groups in total. The van der Waals surface area contributed by atoms with E-state index >= 15 is 0 Å². The fourth-order valence-corrected chi connectivity index (χ4v) is 4.40. The first-order valence-electron chi connectivity index (χ1n) is 11.4. The molecular formula is C20H35NO15. The summed E-state index contributed by atoms with van der Waals surface area (Å²) in [5.74, 6) is -0.623. The maximum Gasteiger partial charge on any atom is 0.217 e. The molecule has 15 atom stereocenters. The first-order valence-corrected chi connectivity index (χ1v) is 11.4. The van der Waals surface area contributed by atoms with Crippen LogP contribution in [0.1, 0.15) is 13.8 Å². The van der Waals surface area contributed by atoms with Crippen molar-refractivity contribution in [2.75, 3.05) is 13.2 Å². The monoisotopic (exact) mass is 529 g/mol. The van der Waals surface area contributed by atoms with Crippen LogP contribution < -0.4 is 5.32 Å². The fourth-order valence-electron chi connectivity index (χ4n) is 4.40. The van der Waals surface area contributed by atoms with Crippen LogP contribution in [0.4, 0.5) is 0 Å². The maximum atomic E-state index is 11.6. The van der Waals surface area contributed by atoms with Crippen molar-refractivity contribution in [1.29, 1.82) is 0 Å². The zero-order chi connectivity index (χ0) is 26.9. The summed E-state index contributed by atoms with van der Waals surface area (Å²) >= 11 is 0. The summed E-state index contributed by atoms with van der Waals surface area (Å²) < 4.78 is 27.0. The lowest BCUT2D eigenvalue weighted by molar-refractivity contribution is -0.375. The summed E-state index contributed by atoms with van der Waals surface area (Å²) in [7, 11) is 0. The molecule has 3 fully saturated rings. The van der Waals surface area contributed by atoms with Crippen LogP contribution in [0, 0.1) is 0 Å². The number of nitrogens with one attached hydrogen (secondary N) is 1. The lowest BCUT2D eigenvalue weighted by Crippen LogP contribution is -2.68. The highest BCUT2D eigenvalue weighted by Gasteiger charge is 2.53. The zero-order valence-electron chi connectivity index (χ0n) is 19.5. The second-order valence-corrected chi connectivity index (χ2v) is 9.05. The van der Waals surface area contributed by atoms with Crippen LogP contribution in [0.5, 0.6) is 0 Å². The van der Waals surface area contributed by atoms with Crippen LogP contribution in [0.15, 0.2) is 0 Å². The summed E-state index contributed by atoms with van der Waals surface area (Å²) in [6.45, 7) is 1.01. The quantitative estimate of drug-likeness (QED) is 0.147. The van der Waals surface area contributed by atoms with E-state index in [2.05, 4.69) is 5.32 Å². The van der Waals surface area contributed by atoms with Gasteiger partial charge in [0.15, 0.2) is 18.9 Å². The van der Waals surface area contributed by atoms with Crippen LogP contribution in [0.2, 0.25) is 0 Å². The third-order valence-corrected chi connectivity index (χ3v) is 6.46. The lowest BCUT2D eigenvalue weighted by atomic mass is 9.95. The largest absolute Gasteiger partial charge is 0.394 e. The Morgan fingerprint density at radius 1 is 0.722 bits per heavy atom. The molecule has 3 aliphatic heterocycles. The molecule has 0 unspecified atom stereocenters. The van der Waals surface area contributed by atoms with Crippen molar-refractivity contribution < 1.29 is 74.4 Å². The molecular weight excluding hydrogens is 494 g/mol. The Labute approximate surface area is 205 Å². The van der Waals surface area contributed by atoms with E-state index in [0.29, 0.717) is 0 Å². The van der Waals surface area contributed by atoms with E-state index in [1.54, 1.807) is 0 Å². The molecule has 1 amide bonds. The van der Waals surface area contributed by atoms with Crippen LogP contribution >= 0.6 is 0 Å². The molecule has 0 aromatic rings. The molecule has 0 spiro atoms. The van der Waals surface area contributed by atoms with Crippen molar-refractivity contribution >= 4 is 5.91 Å². The van der Waals surface area contributed by atoms with Gasteiger partial charge in [0.25, 0.3) is 0 Å². The number of hydrogen-bond donors (Lipinski definition) is 10. The van der Waals surface area contributed by atoms with Crippen molar-refractivity contribution in [2.45, 2.75) is 106 Å². The molecule has 3 rings (SSSR count). The Balaban J connectivity index is 1.75. The molecule has 0 aromatic heterocycles. The summed E-state index contributed by atoms with van der Waals surface area (Å²) in [4.78, 5) is 11.6. The molecule has 0 aromatic carbocycles. The van der Waals surface area contributed by atoms with Gasteiger partial charge in [-0.05, 0) is 6.92 Å². The highest BCUT2D eigenvalue weighted by Crippen LogP contribution is 2.32. The van der Waals surface area contributed by atoms with Gasteiger partial charge in [-0.3, -0.25) is 4.79 Å². The van der Waals surface area contributed by atoms with Gasteiger partial charge in [-0.2, -0.15) is 0 Å². The predicted octanol–water partition coefficient (Wildman–Crippen LogP) is -6.40. The molecule has 3 aliphatic rings. The minimum absolute atomic E-state index is 0.623. The average Bonchev–Trinajstić information content (AvgIpc) is 2.83. The Bertz CT molecular complexity index is 729. The summed E-state index contributed by atoms with van der Waals surface area (Å²) in [5, 5.41) is 93.9. The number of ether oxygens (including phenoxy) is 5. The van der Waals surface area contributed by atoms with E-state index in [4.69, 9.17) is 23.7 Å². The molecule has 16 heteroatoms. The van der Waals surface area contributed by atoms with E-state index in [0.717, 1.165) is 6.92 Å². The molecule has 0 aliphatic carbocycles. The van der Waals surface area contributed by atoms with E-state index < -0.39 is 111 Å². The molecule has 0 radical (unpaired) electrons. The maximum absolute atomic E-state index is 11.6. The molecule has 210 valence electrons. The predicted molar refractivity (Wildman–Crippen MR) is 111 cm³/mol. The SMILES string of the molecule is CC(=O)N[C@@H]1[C@H](O[C@H]2[C@H](O)[C@@H](O)[C@@H](O[C@@H]3[C@H](O)[C@@H](O)[C@H](C)O[C@H]3O)O[C@@H]2CO)O[C@H](CO)[C@@H](O)[C@@H]1O. The molecule has 0 saturated carbocycles. The standard InChI is InChI=1S/C20H35NO15/c1-5-10(25)13(28)17(18(31)32-5)36-20-15(30)14(29)16(8(4-23)34-20)35-19-9(21-6(2)24)12(27)11(26)7(3-22)33-19/h5,7-20,22-23,25-31H,3-4H2,1-2H3,(H,21,24)/t5-,7+,8+,9-,10-,11+,12+,13+,14+,15+,16+,17+,18+,19-,20+/m0/s1. The second-order valence-electron chi connectivity index (χ2n) is 9.05. The van der Waals surface area contributed by atoms with Gasteiger partial charge in [-0.1, -0.05) is 0 Å². The molecule has 3 saturated heterocycles. The van der Waals surface area contributed by atoms with Crippen molar-refractivity contribution in [3.8, 4) is 0 Å². The van der Waals surface area contributed by atoms with Gasteiger partial charge >= 0.3 is 0 Å². The second kappa shape index (κ2) is 12.2. The number of aliphatic hydroxyl groups excluding tert-OH is 9. The first kappa shape index (κ1) is 29.5. The van der Waals surface area contributed by atoms with Gasteiger partial charge in [0.1, 0.15) is 67.1 Å². The zero-order valence-corrected chi connectivity index (χ0v) is 19.5. The van der Waals surface area contributed by atoms with E-state index in [1.165, 1.54) is 6.92 Å². The highest BCUT2D eigenvalue weighted by molar-refractivity contribution is 5.73. The van der Waals surface area contributed by atoms with Gasteiger partial charge in [0, 0.05) is 6.92 Å². The van der Waals surface area contributed by atoms with Crippen LogP contribution in [0.25, 0.3) is 0 Å². The van der Waals surface area contributed by atoms with Gasteiger partial charge in [0.05, 0.1) is 19.3 Å². The van der Waals surface area contributed by atoms with Crippen molar-refractivity contribution in [2.24, 2.45) is 0 Å². The molecule has 16 nitrogen and oxygen atoms in total. The number of amides is 1. The minimum atomic E-state index is -1.89. The summed E-state index contributed by atoms with van der Waals surface area (Å²) in [5.41, 5.74) is 0. The fraction of sp³-hybridized carbons (Fsp3) is 0.950. The Morgan fingerprint density at radius 3 is 1.86 bits per heavy atom. The third kappa shape index (κ3) is 5.97. The molecule has 36 heavy (non-hydrogen) atoms. The van der Waals surface area contributed by atoms with Gasteiger partial charge < -0.3 is 75.0 Å². The topological polar surface area (TPSA) is 257 Å². The average molecular weight is 529 g/mol. The Kier molecular flexibility index (Phi) is 9.97. The van der Waals surface area contributed by atoms with Gasteiger partial charge in [-0.25, -0.2) is 0 Å². The minimum Gasteiger partial charge on any atom is -0.394 e. The number of carbonyl (C=O) groups excluding carboxylic acids is 1. The smallest absolute Gasteiger partial charge is 0.217 e. The normalized spacial score (nSPS) is 50.0. The van der Waals surface area contributed by atoms with E-state index in [9.17, 15) is 50.8 Å². The van der Waals surface area contributed by atoms with Gasteiger partial charge in [-0.15, -0.1) is 0 Å². The van der Waals surface area contributed by atoms with Crippen LogP contribution in [-0.4, -0.2) is 157 Å². The molecule has 0 bridgehead atoms. The lowest BCUT2D eigenvalue weighted by Gasteiger charge is -2.48. The number of carbonyl (C=O) groups is 1. The Morgan fingerprint density at radius 2 is 1.28 bits per heavy atom. The first-order chi connectivity index (χ1) is 16.9. The third-order valence-electron chi connectivity index (χ3n) is 6.46. The summed E-state index contributed by atoms with van der Waals surface area (Å²) in [6, 6.07) is -1.37. The molecule has 3 heterocycles. The van der Waals surface area contributed by atoms with Gasteiger partial charge in [0.2, 0.25) is 5.91 Å². The summed E-state index contributed by atoms with van der Waals surface area (Å²) in [6.07, 6.45) is -21.9. The number of hydrogen-bond acceptors (Lipinski definition) is 15. The number of rotatable bonds is 7. The number of aliphatic hydroxyl groups is 9. The van der Waals surface area contributed by atoms with Crippen LogP contribution in [-0.2, 0) is 28.5 Å². The Hall–Kier alpha value is -1.09. The van der Waals surface area contributed by atoms with E-state index in [-0.39, 0.29) is 0 Å². The van der Waals surface area contributed by atoms with Crippen molar-refractivity contribution in [3.05, 3.63) is 0 Å². The van der Waals surface area contributed by atoms with Crippen molar-refractivity contribution in [1.82, 2.24) is 5.32 Å². The van der Waals surface area contributed by atoms with Crippen LogP contribution in [0.3, 0.4) is 0 Å².